The zero-order chi connectivity index (χ0) is 19.3. The number of nitrogens with zero attached hydrogens (tertiary/aromatic N) is 3. The van der Waals surface area contributed by atoms with Gasteiger partial charge in [-0.05, 0) is 24.3 Å². The fraction of sp³-hybridized carbons (Fsp3) is 0.105. The molecule has 4 aromatic rings. The average molecular weight is 433 g/mol. The van der Waals surface area contributed by atoms with Crippen LogP contribution < -0.4 is 5.32 Å². The summed E-state index contributed by atoms with van der Waals surface area (Å²) in [7, 11) is 0. The van der Waals surface area contributed by atoms with Crippen LogP contribution in [0.15, 0.2) is 63.6 Å². The van der Waals surface area contributed by atoms with E-state index < -0.39 is 0 Å². The molecule has 0 saturated carbocycles. The lowest BCUT2D eigenvalue weighted by Gasteiger charge is -2.02. The molecule has 4 rings (SSSR count). The zero-order valence-electron chi connectivity index (χ0n) is 14.4. The number of thiazole rings is 1. The van der Waals surface area contributed by atoms with E-state index in [4.69, 9.17) is 16.0 Å². The van der Waals surface area contributed by atoms with Crippen LogP contribution >= 0.6 is 34.7 Å². The minimum absolute atomic E-state index is 0.314. The largest absolute Gasteiger partial charge is 0.416 e. The maximum absolute atomic E-state index is 13.8. The van der Waals surface area contributed by atoms with Crippen molar-refractivity contribution in [3.8, 4) is 0 Å². The van der Waals surface area contributed by atoms with Gasteiger partial charge in [-0.3, -0.25) is 0 Å². The van der Waals surface area contributed by atoms with Gasteiger partial charge in [-0.2, -0.15) is 0 Å². The standard InChI is InChI=1S/C19H14ClFN4OS2/c20-15-7-4-8-16(21)14(15)11-28-19-25-24-17(26-19)9-13-10-27-18(23-13)22-12-5-2-1-3-6-12/h1-8,10H,9,11H2,(H,22,23). The molecule has 0 saturated heterocycles. The average Bonchev–Trinajstić information content (AvgIpc) is 3.32. The van der Waals surface area contributed by atoms with Crippen molar-refractivity contribution in [3.63, 3.8) is 0 Å². The Morgan fingerprint density at radius 1 is 1.11 bits per heavy atom. The topological polar surface area (TPSA) is 63.8 Å². The third-order valence-corrected chi connectivity index (χ3v) is 5.76. The van der Waals surface area contributed by atoms with Gasteiger partial charge in [0.2, 0.25) is 5.89 Å². The number of aromatic nitrogens is 3. The predicted octanol–water partition coefficient (Wildman–Crippen LogP) is 5.95. The first-order valence-electron chi connectivity index (χ1n) is 8.32. The second kappa shape index (κ2) is 8.72. The highest BCUT2D eigenvalue weighted by atomic mass is 35.5. The van der Waals surface area contributed by atoms with Crippen LogP contribution in [0.25, 0.3) is 0 Å². The molecule has 0 atom stereocenters. The van der Waals surface area contributed by atoms with Gasteiger partial charge in [0.15, 0.2) is 5.13 Å². The molecule has 0 amide bonds. The van der Waals surface area contributed by atoms with E-state index in [1.54, 1.807) is 12.1 Å². The molecule has 0 aliphatic rings. The summed E-state index contributed by atoms with van der Waals surface area (Å²) in [6.07, 6.45) is 0.432. The van der Waals surface area contributed by atoms with Gasteiger partial charge >= 0.3 is 0 Å². The van der Waals surface area contributed by atoms with E-state index in [1.165, 1.54) is 29.2 Å². The summed E-state index contributed by atoms with van der Waals surface area (Å²) in [6, 6.07) is 14.4. The highest BCUT2D eigenvalue weighted by Gasteiger charge is 2.13. The molecular formula is C19H14ClFN4OS2. The smallest absolute Gasteiger partial charge is 0.276 e. The number of hydrogen-bond donors (Lipinski definition) is 1. The van der Waals surface area contributed by atoms with Crippen molar-refractivity contribution < 1.29 is 8.81 Å². The summed E-state index contributed by atoms with van der Waals surface area (Å²) in [5.41, 5.74) is 2.23. The highest BCUT2D eigenvalue weighted by Crippen LogP contribution is 2.28. The van der Waals surface area contributed by atoms with Crippen molar-refractivity contribution >= 4 is 45.5 Å². The number of para-hydroxylation sites is 1. The molecule has 0 aliphatic heterocycles. The van der Waals surface area contributed by atoms with Gasteiger partial charge in [0.25, 0.3) is 5.22 Å². The third kappa shape index (κ3) is 4.70. The Balaban J connectivity index is 1.36. The number of nitrogens with one attached hydrogen (secondary N) is 1. The summed E-state index contributed by atoms with van der Waals surface area (Å²) in [5.74, 6) is 0.425. The third-order valence-electron chi connectivity index (χ3n) is 3.76. The number of halogens is 2. The van der Waals surface area contributed by atoms with E-state index in [-0.39, 0.29) is 5.82 Å². The molecule has 0 bridgehead atoms. The Hall–Kier alpha value is -2.42. The van der Waals surface area contributed by atoms with Gasteiger partial charge in [0.05, 0.1) is 12.1 Å². The minimum Gasteiger partial charge on any atom is -0.416 e. The van der Waals surface area contributed by atoms with Gasteiger partial charge in [-0.1, -0.05) is 47.6 Å². The Labute approximate surface area is 174 Å². The normalized spacial score (nSPS) is 10.9. The molecule has 142 valence electrons. The molecular weight excluding hydrogens is 419 g/mol. The summed E-state index contributed by atoms with van der Waals surface area (Å²) in [6.45, 7) is 0. The minimum atomic E-state index is -0.347. The van der Waals surface area contributed by atoms with Crippen molar-refractivity contribution in [1.29, 1.82) is 0 Å². The molecule has 1 N–H and O–H groups in total. The van der Waals surface area contributed by atoms with Crippen LogP contribution in [-0.4, -0.2) is 15.2 Å². The van der Waals surface area contributed by atoms with Crippen LogP contribution in [0.3, 0.4) is 0 Å². The molecule has 2 aromatic carbocycles. The Morgan fingerprint density at radius 3 is 2.79 bits per heavy atom. The van der Waals surface area contributed by atoms with Gasteiger partial charge < -0.3 is 9.73 Å². The first-order valence-corrected chi connectivity index (χ1v) is 10.6. The summed E-state index contributed by atoms with van der Waals surface area (Å²) in [5, 5.41) is 14.8. The van der Waals surface area contributed by atoms with Crippen LogP contribution in [0, 0.1) is 5.82 Å². The monoisotopic (exact) mass is 432 g/mol. The molecule has 0 spiro atoms. The van der Waals surface area contributed by atoms with E-state index in [1.807, 2.05) is 35.7 Å². The molecule has 5 nitrogen and oxygen atoms in total. The van der Waals surface area contributed by atoms with Crippen LogP contribution in [0.1, 0.15) is 17.1 Å². The molecule has 9 heteroatoms. The van der Waals surface area contributed by atoms with Crippen LogP contribution in [0.5, 0.6) is 0 Å². The van der Waals surface area contributed by atoms with Crippen molar-refractivity contribution in [3.05, 3.63) is 81.9 Å². The lowest BCUT2D eigenvalue weighted by molar-refractivity contribution is 0.419. The number of hydrogen-bond acceptors (Lipinski definition) is 7. The van der Waals surface area contributed by atoms with E-state index in [9.17, 15) is 4.39 Å². The summed E-state index contributed by atoms with van der Waals surface area (Å²) < 4.78 is 19.5. The second-order valence-corrected chi connectivity index (χ2v) is 7.95. The highest BCUT2D eigenvalue weighted by molar-refractivity contribution is 7.98. The molecule has 2 aromatic heterocycles. The van der Waals surface area contributed by atoms with Crippen LogP contribution in [0.2, 0.25) is 5.02 Å². The zero-order valence-corrected chi connectivity index (χ0v) is 16.8. The van der Waals surface area contributed by atoms with E-state index in [0.29, 0.717) is 33.9 Å². The fourth-order valence-corrected chi connectivity index (χ4v) is 4.27. The molecule has 0 fully saturated rings. The second-order valence-electron chi connectivity index (χ2n) is 5.76. The molecule has 0 unspecified atom stereocenters. The lowest BCUT2D eigenvalue weighted by atomic mass is 10.2. The summed E-state index contributed by atoms with van der Waals surface area (Å²) >= 11 is 8.79. The number of benzene rings is 2. The fourth-order valence-electron chi connectivity index (χ4n) is 2.42. The van der Waals surface area contributed by atoms with E-state index in [0.717, 1.165) is 16.5 Å². The quantitative estimate of drug-likeness (QED) is 0.364. The Kier molecular flexibility index (Phi) is 5.90. The molecule has 28 heavy (non-hydrogen) atoms. The van der Waals surface area contributed by atoms with Crippen LogP contribution in [0.4, 0.5) is 15.2 Å². The number of anilines is 2. The lowest BCUT2D eigenvalue weighted by Crippen LogP contribution is -1.92. The van der Waals surface area contributed by atoms with Gasteiger partial charge in [0.1, 0.15) is 5.82 Å². The number of thioether (sulfide) groups is 1. The van der Waals surface area contributed by atoms with Crippen molar-refractivity contribution in [2.45, 2.75) is 17.4 Å². The SMILES string of the molecule is Fc1cccc(Cl)c1CSc1nnc(Cc2csc(Nc3ccccc3)n2)o1. The Bertz CT molecular complexity index is 1050. The van der Waals surface area contributed by atoms with Gasteiger partial charge in [-0.15, -0.1) is 21.5 Å². The van der Waals surface area contributed by atoms with Gasteiger partial charge in [0, 0.05) is 27.4 Å². The number of rotatable bonds is 7. The van der Waals surface area contributed by atoms with Crippen molar-refractivity contribution in [2.75, 3.05) is 5.32 Å². The van der Waals surface area contributed by atoms with Crippen molar-refractivity contribution in [2.24, 2.45) is 0 Å². The predicted molar refractivity (Wildman–Crippen MR) is 110 cm³/mol. The van der Waals surface area contributed by atoms with Gasteiger partial charge in [-0.25, -0.2) is 9.37 Å². The molecule has 2 heterocycles. The Morgan fingerprint density at radius 2 is 1.96 bits per heavy atom. The molecule has 0 radical (unpaired) electrons. The maximum atomic E-state index is 13.8. The summed E-state index contributed by atoms with van der Waals surface area (Å²) in [4.78, 5) is 4.53. The first kappa shape index (κ1) is 18.9. The first-order chi connectivity index (χ1) is 13.7. The van der Waals surface area contributed by atoms with E-state index >= 15 is 0 Å². The van der Waals surface area contributed by atoms with E-state index in [2.05, 4.69) is 20.5 Å². The van der Waals surface area contributed by atoms with Crippen molar-refractivity contribution in [1.82, 2.24) is 15.2 Å². The maximum Gasteiger partial charge on any atom is 0.276 e. The molecule has 0 aliphatic carbocycles. The van der Waals surface area contributed by atoms with Crippen LogP contribution in [-0.2, 0) is 12.2 Å².